The number of hydrogen-bond acceptors (Lipinski definition) is 1. The SMILES string of the molecule is CCCNC(CCCC(C)C)c1cc(Br)ccc1F. The topological polar surface area (TPSA) is 12.0 Å². The summed E-state index contributed by atoms with van der Waals surface area (Å²) in [5, 5.41) is 3.47. The van der Waals surface area contributed by atoms with Crippen molar-refractivity contribution in [1.29, 1.82) is 0 Å². The smallest absolute Gasteiger partial charge is 0.128 e. The van der Waals surface area contributed by atoms with Gasteiger partial charge in [-0.15, -0.1) is 0 Å². The van der Waals surface area contributed by atoms with Crippen LogP contribution in [0.1, 0.15) is 58.1 Å². The zero-order valence-electron chi connectivity index (χ0n) is 12.2. The minimum Gasteiger partial charge on any atom is -0.310 e. The predicted molar refractivity (Wildman–Crippen MR) is 83.8 cm³/mol. The monoisotopic (exact) mass is 329 g/mol. The first-order chi connectivity index (χ1) is 9.04. The van der Waals surface area contributed by atoms with Crippen LogP contribution in [0.4, 0.5) is 4.39 Å². The maximum absolute atomic E-state index is 14.0. The molecule has 0 aliphatic heterocycles. The molecular formula is C16H25BrFN. The summed E-state index contributed by atoms with van der Waals surface area (Å²) in [5.41, 5.74) is 0.784. The molecule has 0 aromatic heterocycles. The predicted octanol–water partition coefficient (Wildman–Crippen LogP) is 5.46. The quantitative estimate of drug-likeness (QED) is 0.668. The van der Waals surface area contributed by atoms with E-state index in [-0.39, 0.29) is 11.9 Å². The number of rotatable bonds is 8. The molecule has 0 bridgehead atoms. The third-order valence-electron chi connectivity index (χ3n) is 3.25. The Kier molecular flexibility index (Phi) is 7.62. The van der Waals surface area contributed by atoms with Crippen LogP contribution < -0.4 is 5.32 Å². The van der Waals surface area contributed by atoms with Gasteiger partial charge in [-0.2, -0.15) is 0 Å². The molecule has 1 aromatic rings. The molecule has 0 aliphatic carbocycles. The average Bonchev–Trinajstić information content (AvgIpc) is 2.36. The van der Waals surface area contributed by atoms with Crippen molar-refractivity contribution in [3.8, 4) is 0 Å². The fraction of sp³-hybridized carbons (Fsp3) is 0.625. The molecule has 0 saturated heterocycles. The van der Waals surface area contributed by atoms with Gasteiger partial charge in [0.2, 0.25) is 0 Å². The second kappa shape index (κ2) is 8.70. The molecule has 0 saturated carbocycles. The van der Waals surface area contributed by atoms with E-state index in [2.05, 4.69) is 42.0 Å². The van der Waals surface area contributed by atoms with Crippen LogP contribution in [0.2, 0.25) is 0 Å². The molecule has 0 amide bonds. The standard InChI is InChI=1S/C16H25BrFN/c1-4-10-19-16(7-5-6-12(2)3)14-11-13(17)8-9-15(14)18/h8-9,11-12,16,19H,4-7,10H2,1-3H3. The molecule has 1 N–H and O–H groups in total. The Morgan fingerprint density at radius 3 is 2.63 bits per heavy atom. The Morgan fingerprint density at radius 1 is 1.26 bits per heavy atom. The van der Waals surface area contributed by atoms with E-state index in [1.165, 1.54) is 6.42 Å². The highest BCUT2D eigenvalue weighted by Gasteiger charge is 2.15. The van der Waals surface area contributed by atoms with Crippen LogP contribution in [0.3, 0.4) is 0 Å². The van der Waals surface area contributed by atoms with Gasteiger partial charge in [0, 0.05) is 16.1 Å². The van der Waals surface area contributed by atoms with Gasteiger partial charge in [-0.05, 0) is 43.5 Å². The highest BCUT2D eigenvalue weighted by atomic mass is 79.9. The first-order valence-electron chi connectivity index (χ1n) is 7.23. The molecule has 3 heteroatoms. The number of hydrogen-bond donors (Lipinski definition) is 1. The summed E-state index contributed by atoms with van der Waals surface area (Å²) in [4.78, 5) is 0. The fourth-order valence-corrected chi connectivity index (χ4v) is 2.58. The van der Waals surface area contributed by atoms with E-state index in [4.69, 9.17) is 0 Å². The number of benzene rings is 1. The van der Waals surface area contributed by atoms with Crippen LogP contribution in [0.5, 0.6) is 0 Å². The lowest BCUT2D eigenvalue weighted by Gasteiger charge is -2.20. The van der Waals surface area contributed by atoms with Gasteiger partial charge in [-0.1, -0.05) is 49.5 Å². The number of halogens is 2. The molecule has 0 aliphatic rings. The van der Waals surface area contributed by atoms with Gasteiger partial charge in [0.25, 0.3) is 0 Å². The lowest BCUT2D eigenvalue weighted by atomic mass is 9.97. The molecule has 19 heavy (non-hydrogen) atoms. The Bertz CT molecular complexity index is 379. The Morgan fingerprint density at radius 2 is 2.00 bits per heavy atom. The molecule has 0 spiro atoms. The van der Waals surface area contributed by atoms with E-state index in [1.54, 1.807) is 12.1 Å². The molecule has 0 fully saturated rings. The highest BCUT2D eigenvalue weighted by molar-refractivity contribution is 9.10. The second-order valence-electron chi connectivity index (χ2n) is 5.50. The second-order valence-corrected chi connectivity index (χ2v) is 6.41. The van der Waals surface area contributed by atoms with Crippen LogP contribution in [-0.4, -0.2) is 6.54 Å². The van der Waals surface area contributed by atoms with Gasteiger partial charge >= 0.3 is 0 Å². The van der Waals surface area contributed by atoms with Crippen molar-refractivity contribution in [3.63, 3.8) is 0 Å². The maximum Gasteiger partial charge on any atom is 0.128 e. The molecule has 0 heterocycles. The maximum atomic E-state index is 14.0. The first-order valence-corrected chi connectivity index (χ1v) is 8.02. The van der Waals surface area contributed by atoms with Gasteiger partial charge in [0.05, 0.1) is 0 Å². The largest absolute Gasteiger partial charge is 0.310 e. The first kappa shape index (κ1) is 16.6. The zero-order valence-corrected chi connectivity index (χ0v) is 13.8. The van der Waals surface area contributed by atoms with Gasteiger partial charge in [0.15, 0.2) is 0 Å². The molecule has 1 aromatic carbocycles. The molecule has 1 rings (SSSR count). The van der Waals surface area contributed by atoms with Gasteiger partial charge in [-0.25, -0.2) is 4.39 Å². The van der Waals surface area contributed by atoms with Crippen molar-refractivity contribution >= 4 is 15.9 Å². The van der Waals surface area contributed by atoms with E-state index in [9.17, 15) is 4.39 Å². The summed E-state index contributed by atoms with van der Waals surface area (Å²) in [5.74, 6) is 0.598. The summed E-state index contributed by atoms with van der Waals surface area (Å²) in [7, 11) is 0. The van der Waals surface area contributed by atoms with E-state index in [0.717, 1.165) is 35.8 Å². The van der Waals surface area contributed by atoms with E-state index < -0.39 is 0 Å². The van der Waals surface area contributed by atoms with Crippen LogP contribution in [0, 0.1) is 11.7 Å². The lowest BCUT2D eigenvalue weighted by Crippen LogP contribution is -2.23. The summed E-state index contributed by atoms with van der Waals surface area (Å²) < 4.78 is 14.9. The van der Waals surface area contributed by atoms with Crippen molar-refractivity contribution < 1.29 is 4.39 Å². The lowest BCUT2D eigenvalue weighted by molar-refractivity contribution is 0.434. The Labute approximate surface area is 125 Å². The van der Waals surface area contributed by atoms with Gasteiger partial charge in [-0.3, -0.25) is 0 Å². The summed E-state index contributed by atoms with van der Waals surface area (Å²) in [6, 6.07) is 5.32. The zero-order chi connectivity index (χ0) is 14.3. The molecule has 1 unspecified atom stereocenters. The summed E-state index contributed by atoms with van der Waals surface area (Å²) >= 11 is 3.43. The Balaban J connectivity index is 2.73. The van der Waals surface area contributed by atoms with Crippen molar-refractivity contribution in [3.05, 3.63) is 34.1 Å². The molecular weight excluding hydrogens is 305 g/mol. The van der Waals surface area contributed by atoms with Crippen molar-refractivity contribution in [2.45, 2.75) is 52.5 Å². The fourth-order valence-electron chi connectivity index (χ4n) is 2.20. The normalized spacial score (nSPS) is 12.9. The van der Waals surface area contributed by atoms with Crippen LogP contribution in [0.25, 0.3) is 0 Å². The van der Waals surface area contributed by atoms with Crippen LogP contribution in [-0.2, 0) is 0 Å². The third kappa shape index (κ3) is 6.05. The van der Waals surface area contributed by atoms with E-state index in [1.807, 2.05) is 6.07 Å². The minimum absolute atomic E-state index is 0.110. The van der Waals surface area contributed by atoms with Gasteiger partial charge in [0.1, 0.15) is 5.82 Å². The molecule has 1 nitrogen and oxygen atoms in total. The summed E-state index contributed by atoms with van der Waals surface area (Å²) in [6.45, 7) is 7.52. The molecule has 1 atom stereocenters. The van der Waals surface area contributed by atoms with Crippen molar-refractivity contribution in [2.24, 2.45) is 5.92 Å². The Hall–Kier alpha value is -0.410. The van der Waals surface area contributed by atoms with E-state index in [0.29, 0.717) is 5.92 Å². The van der Waals surface area contributed by atoms with Crippen molar-refractivity contribution in [1.82, 2.24) is 5.32 Å². The van der Waals surface area contributed by atoms with Gasteiger partial charge < -0.3 is 5.32 Å². The number of nitrogens with one attached hydrogen (secondary N) is 1. The van der Waals surface area contributed by atoms with E-state index >= 15 is 0 Å². The highest BCUT2D eigenvalue weighted by Crippen LogP contribution is 2.26. The molecule has 108 valence electrons. The average molecular weight is 330 g/mol. The van der Waals surface area contributed by atoms with Crippen molar-refractivity contribution in [2.75, 3.05) is 6.54 Å². The minimum atomic E-state index is -0.110. The summed E-state index contributed by atoms with van der Waals surface area (Å²) in [6.07, 6.45) is 4.38. The molecule has 0 radical (unpaired) electrons. The third-order valence-corrected chi connectivity index (χ3v) is 3.74. The van der Waals surface area contributed by atoms with Crippen LogP contribution in [0.15, 0.2) is 22.7 Å². The van der Waals surface area contributed by atoms with Crippen LogP contribution >= 0.6 is 15.9 Å².